The minimum atomic E-state index is -2.70. The SMILES string of the molecule is N#Cc1ncn(Cc2nc3ccccc3n2C(F)F)n1. The van der Waals surface area contributed by atoms with Crippen LogP contribution in [0.4, 0.5) is 8.78 Å². The van der Waals surface area contributed by atoms with Gasteiger partial charge in [0.05, 0.1) is 11.0 Å². The molecule has 2 aromatic heterocycles. The number of hydrogen-bond donors (Lipinski definition) is 0. The van der Waals surface area contributed by atoms with Gasteiger partial charge in [0.25, 0.3) is 5.82 Å². The van der Waals surface area contributed by atoms with Crippen molar-refractivity contribution in [2.45, 2.75) is 13.1 Å². The summed E-state index contributed by atoms with van der Waals surface area (Å²) in [5, 5.41) is 12.5. The van der Waals surface area contributed by atoms with Crippen molar-refractivity contribution in [3.05, 3.63) is 42.2 Å². The first kappa shape index (κ1) is 12.2. The highest BCUT2D eigenvalue weighted by Crippen LogP contribution is 2.23. The van der Waals surface area contributed by atoms with Crippen LogP contribution in [0.5, 0.6) is 0 Å². The molecule has 20 heavy (non-hydrogen) atoms. The number of alkyl halides is 2. The van der Waals surface area contributed by atoms with Crippen molar-refractivity contribution in [2.75, 3.05) is 0 Å². The number of rotatable bonds is 3. The van der Waals surface area contributed by atoms with Gasteiger partial charge in [0.2, 0.25) is 0 Å². The number of nitriles is 1. The second-order valence-corrected chi connectivity index (χ2v) is 4.04. The molecule has 0 spiro atoms. The summed E-state index contributed by atoms with van der Waals surface area (Å²) in [4.78, 5) is 7.90. The van der Waals surface area contributed by atoms with Gasteiger partial charge in [0.1, 0.15) is 24.8 Å². The molecule has 0 bridgehead atoms. The van der Waals surface area contributed by atoms with Crippen LogP contribution < -0.4 is 0 Å². The minimum absolute atomic E-state index is 0.00953. The minimum Gasteiger partial charge on any atom is -0.269 e. The highest BCUT2D eigenvalue weighted by Gasteiger charge is 2.18. The van der Waals surface area contributed by atoms with E-state index in [0.29, 0.717) is 11.0 Å². The topological polar surface area (TPSA) is 72.3 Å². The van der Waals surface area contributed by atoms with Gasteiger partial charge in [0.15, 0.2) is 0 Å². The van der Waals surface area contributed by atoms with E-state index in [9.17, 15) is 8.78 Å². The van der Waals surface area contributed by atoms with Crippen LogP contribution in [0.25, 0.3) is 11.0 Å². The van der Waals surface area contributed by atoms with Gasteiger partial charge < -0.3 is 0 Å². The smallest absolute Gasteiger partial charge is 0.269 e. The molecule has 0 amide bonds. The van der Waals surface area contributed by atoms with Gasteiger partial charge in [-0.2, -0.15) is 14.0 Å². The van der Waals surface area contributed by atoms with E-state index >= 15 is 0 Å². The molecule has 0 saturated carbocycles. The maximum Gasteiger partial charge on any atom is 0.320 e. The fourth-order valence-corrected chi connectivity index (χ4v) is 1.99. The third-order valence-corrected chi connectivity index (χ3v) is 2.80. The van der Waals surface area contributed by atoms with Crippen molar-refractivity contribution in [3.8, 4) is 6.07 Å². The number of aromatic nitrogens is 5. The van der Waals surface area contributed by atoms with Gasteiger partial charge in [-0.1, -0.05) is 12.1 Å². The molecule has 8 heteroatoms. The zero-order valence-electron chi connectivity index (χ0n) is 10.1. The first-order valence-corrected chi connectivity index (χ1v) is 5.72. The van der Waals surface area contributed by atoms with Crippen molar-refractivity contribution < 1.29 is 8.78 Å². The van der Waals surface area contributed by atoms with Gasteiger partial charge in [-0.3, -0.25) is 4.57 Å². The Balaban J connectivity index is 2.06. The standard InChI is InChI=1S/C12H8F2N6/c13-12(14)20-9-4-2-1-3-8(9)17-11(20)6-19-7-16-10(5-15)18-19/h1-4,7,12H,6H2. The zero-order valence-corrected chi connectivity index (χ0v) is 10.1. The molecule has 0 unspecified atom stereocenters. The fourth-order valence-electron chi connectivity index (χ4n) is 1.99. The Labute approximate surface area is 111 Å². The van der Waals surface area contributed by atoms with Crippen molar-refractivity contribution >= 4 is 11.0 Å². The monoisotopic (exact) mass is 274 g/mol. The van der Waals surface area contributed by atoms with E-state index in [1.54, 1.807) is 30.3 Å². The molecule has 6 nitrogen and oxygen atoms in total. The zero-order chi connectivity index (χ0) is 14.1. The number of hydrogen-bond acceptors (Lipinski definition) is 4. The molecule has 1 aromatic carbocycles. The lowest BCUT2D eigenvalue weighted by atomic mass is 10.3. The largest absolute Gasteiger partial charge is 0.320 e. The highest BCUT2D eigenvalue weighted by molar-refractivity contribution is 5.75. The molecular weight excluding hydrogens is 266 g/mol. The molecule has 2 heterocycles. The molecule has 3 rings (SSSR count). The van der Waals surface area contributed by atoms with Crippen molar-refractivity contribution in [3.63, 3.8) is 0 Å². The van der Waals surface area contributed by atoms with Gasteiger partial charge >= 0.3 is 6.55 Å². The number of imidazole rings is 1. The Kier molecular flexibility index (Phi) is 2.87. The van der Waals surface area contributed by atoms with E-state index in [-0.39, 0.29) is 18.2 Å². The summed E-state index contributed by atoms with van der Waals surface area (Å²) in [7, 11) is 0. The summed E-state index contributed by atoms with van der Waals surface area (Å²) >= 11 is 0. The summed E-state index contributed by atoms with van der Waals surface area (Å²) in [5.41, 5.74) is 0.849. The normalized spacial score (nSPS) is 11.1. The number of benzene rings is 1. The Bertz CT molecular complexity index is 798. The van der Waals surface area contributed by atoms with Crippen LogP contribution in [-0.2, 0) is 6.54 Å². The summed E-state index contributed by atoms with van der Waals surface area (Å²) in [6.45, 7) is -2.68. The molecule has 0 radical (unpaired) electrons. The maximum absolute atomic E-state index is 13.2. The van der Waals surface area contributed by atoms with Gasteiger partial charge in [-0.05, 0) is 12.1 Å². The van der Waals surface area contributed by atoms with Crippen LogP contribution in [0, 0.1) is 11.3 Å². The average molecular weight is 274 g/mol. The van der Waals surface area contributed by atoms with Crippen LogP contribution in [-0.4, -0.2) is 24.3 Å². The van der Waals surface area contributed by atoms with Crippen molar-refractivity contribution in [1.82, 2.24) is 24.3 Å². The summed E-state index contributed by atoms with van der Waals surface area (Å²) in [6, 6.07) is 8.44. The Morgan fingerprint density at radius 3 is 2.80 bits per heavy atom. The molecule has 0 fully saturated rings. The summed E-state index contributed by atoms with van der Waals surface area (Å²) in [6.07, 6.45) is 1.31. The molecule has 0 aliphatic carbocycles. The third kappa shape index (κ3) is 1.99. The highest BCUT2D eigenvalue weighted by atomic mass is 19.3. The fraction of sp³-hybridized carbons (Fsp3) is 0.167. The molecular formula is C12H8F2N6. The number of halogens is 2. The van der Waals surface area contributed by atoms with Crippen molar-refractivity contribution in [1.29, 1.82) is 5.26 Å². The van der Waals surface area contributed by atoms with Crippen molar-refractivity contribution in [2.24, 2.45) is 0 Å². The number of para-hydroxylation sites is 2. The molecule has 3 aromatic rings. The van der Waals surface area contributed by atoms with Crippen LogP contribution in [0.1, 0.15) is 18.2 Å². The van der Waals surface area contributed by atoms with Gasteiger partial charge in [-0.25, -0.2) is 14.6 Å². The van der Waals surface area contributed by atoms with E-state index in [1.165, 1.54) is 11.0 Å². The number of nitrogens with zero attached hydrogens (tertiary/aromatic N) is 6. The summed E-state index contributed by atoms with van der Waals surface area (Å²) in [5.74, 6) is 0.153. The predicted molar refractivity (Wildman–Crippen MR) is 64.8 cm³/mol. The van der Waals surface area contributed by atoms with Crippen LogP contribution in [0.15, 0.2) is 30.6 Å². The average Bonchev–Trinajstić information content (AvgIpc) is 3.02. The van der Waals surface area contributed by atoms with Crippen LogP contribution in [0.2, 0.25) is 0 Å². The molecule has 100 valence electrons. The van der Waals surface area contributed by atoms with E-state index < -0.39 is 6.55 Å². The second-order valence-electron chi connectivity index (χ2n) is 4.04. The van der Waals surface area contributed by atoms with Gasteiger partial charge in [-0.15, -0.1) is 5.10 Å². The Morgan fingerprint density at radius 1 is 1.30 bits per heavy atom. The third-order valence-electron chi connectivity index (χ3n) is 2.80. The maximum atomic E-state index is 13.2. The van der Waals surface area contributed by atoms with Crippen LogP contribution >= 0.6 is 0 Å². The molecule has 0 atom stereocenters. The van der Waals surface area contributed by atoms with E-state index in [0.717, 1.165) is 4.57 Å². The van der Waals surface area contributed by atoms with E-state index in [1.807, 2.05) is 0 Å². The lowest BCUT2D eigenvalue weighted by Crippen LogP contribution is -2.10. The van der Waals surface area contributed by atoms with Gasteiger partial charge in [0, 0.05) is 0 Å². The summed E-state index contributed by atoms with van der Waals surface area (Å²) < 4.78 is 28.5. The molecule has 0 aliphatic heterocycles. The molecule has 0 saturated heterocycles. The quantitative estimate of drug-likeness (QED) is 0.731. The number of fused-ring (bicyclic) bond motifs is 1. The lowest BCUT2D eigenvalue weighted by Gasteiger charge is -2.07. The molecule has 0 aliphatic rings. The second kappa shape index (κ2) is 4.70. The predicted octanol–water partition coefficient (Wildman–Crippen LogP) is 1.94. The lowest BCUT2D eigenvalue weighted by molar-refractivity contribution is 0.0710. The van der Waals surface area contributed by atoms with E-state index in [4.69, 9.17) is 5.26 Å². The molecule has 0 N–H and O–H groups in total. The first-order chi connectivity index (χ1) is 9.69. The Morgan fingerprint density at radius 2 is 2.10 bits per heavy atom. The Hall–Kier alpha value is -2.82. The van der Waals surface area contributed by atoms with Crippen LogP contribution in [0.3, 0.4) is 0 Å². The van der Waals surface area contributed by atoms with E-state index in [2.05, 4.69) is 15.1 Å². The first-order valence-electron chi connectivity index (χ1n) is 5.72.